The van der Waals surface area contributed by atoms with E-state index in [4.69, 9.17) is 80.3 Å². The highest BCUT2D eigenvalue weighted by Crippen LogP contribution is 2.26. The van der Waals surface area contributed by atoms with Crippen LogP contribution in [0.5, 0.6) is 0 Å². The second-order valence-corrected chi connectivity index (χ2v) is 31.4. The largest absolute Gasteiger partial charge is 0.330 e. The summed E-state index contributed by atoms with van der Waals surface area (Å²) in [6.07, 6.45) is 42.7. The number of unbranched alkanes of at least 4 members (excludes halogenated alkanes) is 4. The molecule has 0 spiro atoms. The molecule has 0 heterocycles. The lowest BCUT2D eigenvalue weighted by Crippen LogP contribution is -2.31. The van der Waals surface area contributed by atoms with E-state index in [1.54, 1.807) is 0 Å². The fourth-order valence-electron chi connectivity index (χ4n) is 7.88. The van der Waals surface area contributed by atoms with Crippen molar-refractivity contribution in [2.24, 2.45) is 133 Å². The molecule has 91 heavy (non-hydrogen) atoms. The smallest absolute Gasteiger partial charge is 0.00591 e. The van der Waals surface area contributed by atoms with E-state index in [1.165, 1.54) is 186 Å². The fourth-order valence-corrected chi connectivity index (χ4v) is 7.88. The summed E-state index contributed by atoms with van der Waals surface area (Å²) in [5.74, 6) is 5.64. The Morgan fingerprint density at radius 3 is 0.824 bits per heavy atom. The molecule has 5 rings (SSSR count). The van der Waals surface area contributed by atoms with Crippen molar-refractivity contribution in [2.45, 2.75) is 394 Å². The van der Waals surface area contributed by atoms with Crippen LogP contribution in [0.3, 0.4) is 0 Å². The lowest BCUT2D eigenvalue weighted by atomic mass is 9.89. The first-order valence-electron chi connectivity index (χ1n) is 38.6. The van der Waals surface area contributed by atoms with Crippen molar-refractivity contribution in [1.29, 1.82) is 0 Å². The molecule has 0 amide bonds. The van der Waals surface area contributed by atoms with Crippen molar-refractivity contribution >= 4 is 0 Å². The quantitative estimate of drug-likeness (QED) is 0.0475. The van der Waals surface area contributed by atoms with Gasteiger partial charge < -0.3 is 80.3 Å². The Kier molecular flexibility index (Phi) is 100. The standard InChI is InChI=1S/C7H15N.C7H17N.C6H13N.5C6H15N.C5H11N.2C5H13N.2C4H9N.C4H11N/c8-6-7-4-2-1-3-5-7;1-6(2)4-5-7(3)8;7-6-4-2-1-3-5-6;1-6(2,3)4-5-7;1-5(7)6(2,3)4;1-5(2)4-6(3)7;1-6(2)4-3-5-7;1-2-3-4-5-6-7;6-5-3-1-2-4-5;1-5(2)3-4-6;1-3-5(2)4-6;5-3-4-1-2-4;5-4-2-1-3-4;1-2-3-4-5/h7H,1-6,8H2;6-7H,4-5,8H2,1-3H3;6H,1-5,7H2;4-5,7H2,1-3H3;5H,7H2,1-4H3;5-6H,4,7H2,1-3H3;6H,3-5,7H2,1-2H3;2-7H2,1H3;5H,1-4,6H2;2*5H,3-4,6H2,1-2H3;2*4H,1-3,5H2;2-5H2,1H3. The molecule has 4 atom stereocenters. The zero-order valence-electron chi connectivity index (χ0n) is 66.6. The van der Waals surface area contributed by atoms with Gasteiger partial charge in [-0.05, 0) is 247 Å². The maximum atomic E-state index is 5.63. The molecule has 5 fully saturated rings. The van der Waals surface area contributed by atoms with Crippen molar-refractivity contribution < 1.29 is 0 Å². The van der Waals surface area contributed by atoms with Gasteiger partial charge in [-0.1, -0.05) is 215 Å². The predicted octanol–water partition coefficient (Wildman–Crippen LogP) is 16.1. The Morgan fingerprint density at radius 1 is 0.352 bits per heavy atom. The van der Waals surface area contributed by atoms with Crippen LogP contribution in [0.2, 0.25) is 0 Å². The zero-order valence-corrected chi connectivity index (χ0v) is 66.6. The Balaban J connectivity index is -0.000000114. The summed E-state index contributed by atoms with van der Waals surface area (Å²) in [5.41, 5.74) is 76.1. The molecule has 5 aliphatic carbocycles. The van der Waals surface area contributed by atoms with Crippen LogP contribution >= 0.6 is 0 Å². The van der Waals surface area contributed by atoms with Gasteiger partial charge in [0.2, 0.25) is 0 Å². The van der Waals surface area contributed by atoms with Gasteiger partial charge in [0.15, 0.2) is 0 Å². The van der Waals surface area contributed by atoms with Gasteiger partial charge in [-0.25, -0.2) is 0 Å². The maximum Gasteiger partial charge on any atom is 0.00591 e. The third-order valence-electron chi connectivity index (χ3n) is 16.0. The second-order valence-electron chi connectivity index (χ2n) is 31.4. The van der Waals surface area contributed by atoms with Crippen LogP contribution in [-0.4, -0.2) is 88.6 Å². The van der Waals surface area contributed by atoms with Gasteiger partial charge >= 0.3 is 0 Å². The van der Waals surface area contributed by atoms with Gasteiger partial charge in [0.1, 0.15) is 0 Å². The Hall–Kier alpha value is -0.560. The van der Waals surface area contributed by atoms with Crippen molar-refractivity contribution in [3.8, 4) is 0 Å². The summed E-state index contributed by atoms with van der Waals surface area (Å²) < 4.78 is 0. The van der Waals surface area contributed by atoms with E-state index >= 15 is 0 Å². The van der Waals surface area contributed by atoms with Crippen molar-refractivity contribution in [1.82, 2.24) is 0 Å². The average Bonchev–Trinajstić information content (AvgIpc) is 4.42. The van der Waals surface area contributed by atoms with Gasteiger partial charge in [0, 0.05) is 36.3 Å². The van der Waals surface area contributed by atoms with Crippen LogP contribution in [0.15, 0.2) is 0 Å². The van der Waals surface area contributed by atoms with Crippen LogP contribution in [0.4, 0.5) is 0 Å². The van der Waals surface area contributed by atoms with Crippen molar-refractivity contribution in [2.75, 3.05) is 52.4 Å². The third-order valence-corrected chi connectivity index (χ3v) is 16.0. The molecular formula is C77H186N14. The highest BCUT2D eigenvalue weighted by atomic mass is 14.7. The van der Waals surface area contributed by atoms with Crippen molar-refractivity contribution in [3.63, 3.8) is 0 Å². The summed E-state index contributed by atoms with van der Waals surface area (Å²) in [5, 5.41) is 0. The minimum atomic E-state index is 0.278. The van der Waals surface area contributed by atoms with Crippen molar-refractivity contribution in [3.05, 3.63) is 0 Å². The van der Waals surface area contributed by atoms with Crippen LogP contribution in [0, 0.1) is 52.3 Å². The summed E-state index contributed by atoms with van der Waals surface area (Å²) in [6.45, 7) is 52.2. The normalized spacial score (nSPS) is 16.6. The molecule has 0 aromatic heterocycles. The van der Waals surface area contributed by atoms with Gasteiger partial charge in [0.25, 0.3) is 0 Å². The highest BCUT2D eigenvalue weighted by Gasteiger charge is 2.18. The molecular weight excluding hydrogens is 1120 g/mol. The first-order chi connectivity index (χ1) is 42.5. The van der Waals surface area contributed by atoms with E-state index in [1.807, 2.05) is 13.8 Å². The molecule has 0 saturated heterocycles. The predicted molar refractivity (Wildman–Crippen MR) is 421 cm³/mol. The van der Waals surface area contributed by atoms with Gasteiger partial charge in [-0.2, -0.15) is 0 Å². The molecule has 5 saturated carbocycles. The highest BCUT2D eigenvalue weighted by molar-refractivity contribution is 4.73. The number of hydrogen-bond acceptors (Lipinski definition) is 14. The molecule has 14 heteroatoms. The van der Waals surface area contributed by atoms with Crippen LogP contribution < -0.4 is 80.3 Å². The lowest BCUT2D eigenvalue weighted by Gasteiger charge is -2.22. The fraction of sp³-hybridized carbons (Fsp3) is 1.00. The molecule has 28 N–H and O–H groups in total. The maximum absolute atomic E-state index is 5.63. The first kappa shape index (κ1) is 109. The third kappa shape index (κ3) is 134. The Morgan fingerprint density at radius 2 is 0.714 bits per heavy atom. The van der Waals surface area contributed by atoms with E-state index in [9.17, 15) is 0 Å². The summed E-state index contributed by atoms with van der Waals surface area (Å²) in [6, 6.07) is 2.71. The minimum absolute atomic E-state index is 0.278. The molecule has 0 aliphatic heterocycles. The minimum Gasteiger partial charge on any atom is -0.330 e. The first-order valence-corrected chi connectivity index (χ1v) is 38.6. The van der Waals surface area contributed by atoms with E-state index in [0.717, 1.165) is 114 Å². The van der Waals surface area contributed by atoms with Crippen LogP contribution in [0.1, 0.15) is 357 Å². The molecule has 0 bridgehead atoms. The molecule has 0 radical (unpaired) electrons. The summed E-state index contributed by atoms with van der Waals surface area (Å²) in [7, 11) is 0. The van der Waals surface area contributed by atoms with Crippen LogP contribution in [-0.2, 0) is 0 Å². The summed E-state index contributed by atoms with van der Waals surface area (Å²) >= 11 is 0. The SMILES string of the molecule is CC(C)(C)CCN.CC(C)CC(C)N.CC(C)CCC(C)N.CC(C)CCCN.CC(C)CCN.CC(N)C(C)(C)C.CCC(C)CN.CCCCCCN.CCCCN.NC1CCC1.NC1CCCC1.NC1CCCCC1.NCC1CC1.NCC1CCCCC1. The van der Waals surface area contributed by atoms with Gasteiger partial charge in [0.05, 0.1) is 0 Å². The molecule has 0 aromatic rings. The molecule has 564 valence electrons. The molecule has 4 unspecified atom stereocenters. The van der Waals surface area contributed by atoms with E-state index < -0.39 is 0 Å². The lowest BCUT2D eigenvalue weighted by molar-refractivity contribution is 0.340. The Bertz CT molecular complexity index is 1170. The Labute approximate surface area is 575 Å². The number of hydrogen-bond donors (Lipinski definition) is 14. The van der Waals surface area contributed by atoms with Gasteiger partial charge in [-0.3, -0.25) is 0 Å². The average molecular weight is 1310 g/mol. The molecule has 14 nitrogen and oxygen atoms in total. The van der Waals surface area contributed by atoms with Crippen LogP contribution in [0.25, 0.3) is 0 Å². The summed E-state index contributed by atoms with van der Waals surface area (Å²) in [4.78, 5) is 0. The number of rotatable bonds is 21. The van der Waals surface area contributed by atoms with E-state index in [-0.39, 0.29) is 5.41 Å². The van der Waals surface area contributed by atoms with E-state index in [2.05, 4.69) is 132 Å². The monoisotopic (exact) mass is 1310 g/mol. The molecule has 5 aliphatic rings. The van der Waals surface area contributed by atoms with E-state index in [0.29, 0.717) is 47.6 Å². The second kappa shape index (κ2) is 83.7. The topological polar surface area (TPSA) is 364 Å². The van der Waals surface area contributed by atoms with Gasteiger partial charge in [-0.15, -0.1) is 0 Å². The number of nitrogens with two attached hydrogens (primary N) is 14. The zero-order chi connectivity index (χ0) is 72.5. The molecule has 0 aromatic carbocycles.